The summed E-state index contributed by atoms with van der Waals surface area (Å²) < 4.78 is 6.90. The van der Waals surface area contributed by atoms with Gasteiger partial charge in [-0.15, -0.1) is 0 Å². The van der Waals surface area contributed by atoms with Crippen molar-refractivity contribution in [1.29, 1.82) is 0 Å². The fraction of sp³-hybridized carbons (Fsp3) is 0.391. The molecule has 3 rings (SSSR count). The minimum atomic E-state index is -0.779. The zero-order valence-electron chi connectivity index (χ0n) is 18.8. The largest absolute Gasteiger partial charge is 0.463 e. The number of allylic oxidation sites excluding steroid dienone is 1. The van der Waals surface area contributed by atoms with Crippen molar-refractivity contribution in [3.05, 3.63) is 79.4 Å². The number of nitrogens with zero attached hydrogens (tertiary/aromatic N) is 3. The number of anilines is 1. The number of hydrogen-bond donors (Lipinski definition) is 1. The van der Waals surface area contributed by atoms with Gasteiger partial charge in [-0.25, -0.2) is 4.79 Å². The van der Waals surface area contributed by atoms with E-state index in [4.69, 9.17) is 4.74 Å². The van der Waals surface area contributed by atoms with E-state index in [1.54, 1.807) is 36.7 Å². The van der Waals surface area contributed by atoms with Crippen LogP contribution in [0.5, 0.6) is 0 Å². The molecule has 32 heavy (non-hydrogen) atoms. The molecule has 9 heteroatoms. The lowest BCUT2D eigenvalue weighted by atomic mass is 9.81. The highest BCUT2D eigenvalue weighted by Gasteiger charge is 2.36. The lowest BCUT2D eigenvalue weighted by molar-refractivity contribution is -0.384. The lowest BCUT2D eigenvalue weighted by Crippen LogP contribution is -2.33. The number of nitro groups is 1. The molecule has 0 saturated heterocycles. The Bertz CT molecular complexity index is 1120. The van der Waals surface area contributed by atoms with Crippen molar-refractivity contribution in [3.8, 4) is 0 Å². The third-order valence-electron chi connectivity index (χ3n) is 5.42. The molecule has 0 saturated carbocycles. The Morgan fingerprint density at radius 1 is 1.31 bits per heavy atom. The first-order valence-electron chi connectivity index (χ1n) is 10.5. The summed E-state index contributed by atoms with van der Waals surface area (Å²) in [6, 6.07) is 7.86. The first-order chi connectivity index (χ1) is 15.2. The standard InChI is InChI=1S/C23H28N4O5/c1-5-32-23(29)19-15(2)24-18-10-13-26(12-7-11-25(3)4)22(28)21(18)20(19)16-8-6-9-17(14-16)27(30)31/h6,8-10,13-14,20,24H,5,7,11-12H2,1-4H3. The predicted molar refractivity (Wildman–Crippen MR) is 122 cm³/mol. The Morgan fingerprint density at radius 3 is 2.72 bits per heavy atom. The van der Waals surface area contributed by atoms with E-state index in [0.717, 1.165) is 13.0 Å². The van der Waals surface area contributed by atoms with Crippen molar-refractivity contribution in [1.82, 2.24) is 9.47 Å². The van der Waals surface area contributed by atoms with Gasteiger partial charge in [0.25, 0.3) is 11.2 Å². The Hall–Kier alpha value is -3.46. The number of nitro benzene ring substituents is 1. The van der Waals surface area contributed by atoms with Gasteiger partial charge in [0, 0.05) is 36.3 Å². The van der Waals surface area contributed by atoms with E-state index in [9.17, 15) is 19.7 Å². The first kappa shape index (κ1) is 23.2. The number of aromatic nitrogens is 1. The van der Waals surface area contributed by atoms with Crippen molar-refractivity contribution in [2.45, 2.75) is 32.7 Å². The lowest BCUT2D eigenvalue weighted by Gasteiger charge is -2.30. The molecule has 1 aromatic heterocycles. The maximum Gasteiger partial charge on any atom is 0.336 e. The first-order valence-corrected chi connectivity index (χ1v) is 10.5. The number of esters is 1. The number of rotatable bonds is 8. The van der Waals surface area contributed by atoms with Gasteiger partial charge in [0.05, 0.1) is 28.6 Å². The molecule has 0 spiro atoms. The summed E-state index contributed by atoms with van der Waals surface area (Å²) in [7, 11) is 3.94. The number of nitrogens with one attached hydrogen (secondary N) is 1. The Labute approximate surface area is 186 Å². The molecule has 1 aromatic carbocycles. The molecule has 1 aliphatic heterocycles. The van der Waals surface area contributed by atoms with Crippen LogP contribution in [0.15, 0.2) is 52.6 Å². The van der Waals surface area contributed by atoms with E-state index in [2.05, 4.69) is 5.32 Å². The number of non-ortho nitro benzene ring substituents is 1. The summed E-state index contributed by atoms with van der Waals surface area (Å²) in [5.41, 5.74) is 1.95. The second-order valence-corrected chi connectivity index (χ2v) is 7.97. The van der Waals surface area contributed by atoms with E-state index in [1.165, 1.54) is 12.1 Å². The van der Waals surface area contributed by atoms with Gasteiger partial charge in [-0.2, -0.15) is 0 Å². The number of ether oxygens (including phenoxy) is 1. The number of aryl methyl sites for hydroxylation is 1. The average molecular weight is 441 g/mol. The SMILES string of the molecule is CCOC(=O)C1=C(C)Nc2ccn(CCCN(C)C)c(=O)c2C1c1cccc([N+](=O)[O-])c1. The molecule has 1 aliphatic rings. The van der Waals surface area contributed by atoms with Gasteiger partial charge in [0.1, 0.15) is 0 Å². The fourth-order valence-electron chi connectivity index (χ4n) is 3.97. The summed E-state index contributed by atoms with van der Waals surface area (Å²) in [5.74, 6) is -1.33. The topological polar surface area (TPSA) is 107 Å². The van der Waals surface area contributed by atoms with Crippen molar-refractivity contribution < 1.29 is 14.5 Å². The van der Waals surface area contributed by atoms with E-state index >= 15 is 0 Å². The Balaban J connectivity index is 2.18. The van der Waals surface area contributed by atoms with Crippen LogP contribution >= 0.6 is 0 Å². The maximum absolute atomic E-state index is 13.5. The van der Waals surface area contributed by atoms with Crippen molar-refractivity contribution >= 4 is 17.3 Å². The van der Waals surface area contributed by atoms with Crippen LogP contribution in [0.3, 0.4) is 0 Å². The summed E-state index contributed by atoms with van der Waals surface area (Å²) in [6.07, 6.45) is 2.51. The molecule has 0 aliphatic carbocycles. The highest BCUT2D eigenvalue weighted by atomic mass is 16.6. The highest BCUT2D eigenvalue weighted by Crippen LogP contribution is 2.41. The Morgan fingerprint density at radius 2 is 2.06 bits per heavy atom. The van der Waals surface area contributed by atoms with Crippen molar-refractivity contribution in [2.24, 2.45) is 0 Å². The number of benzene rings is 1. The van der Waals surface area contributed by atoms with E-state index in [0.29, 0.717) is 29.1 Å². The molecular weight excluding hydrogens is 412 g/mol. The molecule has 1 unspecified atom stereocenters. The van der Waals surface area contributed by atoms with Crippen LogP contribution < -0.4 is 10.9 Å². The number of hydrogen-bond acceptors (Lipinski definition) is 7. The van der Waals surface area contributed by atoms with Crippen LogP contribution in [-0.4, -0.2) is 47.6 Å². The Kier molecular flexibility index (Phi) is 7.09. The van der Waals surface area contributed by atoms with Gasteiger partial charge in [0.15, 0.2) is 0 Å². The van der Waals surface area contributed by atoms with Gasteiger partial charge in [-0.05, 0) is 52.5 Å². The van der Waals surface area contributed by atoms with Crippen molar-refractivity contribution in [3.63, 3.8) is 0 Å². The molecule has 2 heterocycles. The monoisotopic (exact) mass is 440 g/mol. The van der Waals surface area contributed by atoms with Gasteiger partial charge in [-0.1, -0.05) is 12.1 Å². The summed E-state index contributed by atoms with van der Waals surface area (Å²) in [5, 5.41) is 14.5. The third kappa shape index (κ3) is 4.72. The van der Waals surface area contributed by atoms with Crippen LogP contribution in [0.25, 0.3) is 0 Å². The molecule has 0 radical (unpaired) electrons. The molecular formula is C23H28N4O5. The van der Waals surface area contributed by atoms with Crippen LogP contribution in [0.4, 0.5) is 11.4 Å². The molecule has 170 valence electrons. The fourth-order valence-corrected chi connectivity index (χ4v) is 3.97. The zero-order chi connectivity index (χ0) is 23.4. The normalized spacial score (nSPS) is 15.3. The van der Waals surface area contributed by atoms with Crippen molar-refractivity contribution in [2.75, 3.05) is 32.6 Å². The molecule has 0 fully saturated rings. The third-order valence-corrected chi connectivity index (χ3v) is 5.42. The average Bonchev–Trinajstić information content (AvgIpc) is 2.74. The summed E-state index contributed by atoms with van der Waals surface area (Å²) in [6.45, 7) is 4.96. The van der Waals surface area contributed by atoms with Gasteiger partial charge < -0.3 is 19.5 Å². The van der Waals surface area contributed by atoms with Gasteiger partial charge in [0.2, 0.25) is 0 Å². The van der Waals surface area contributed by atoms with E-state index < -0.39 is 16.8 Å². The van der Waals surface area contributed by atoms with Crippen LogP contribution in [0, 0.1) is 10.1 Å². The molecule has 1 N–H and O–H groups in total. The molecule has 0 amide bonds. The molecule has 0 bridgehead atoms. The second-order valence-electron chi connectivity index (χ2n) is 7.97. The number of carbonyl (C=O) groups is 1. The van der Waals surface area contributed by atoms with Crippen LogP contribution in [0.2, 0.25) is 0 Å². The van der Waals surface area contributed by atoms with E-state index in [-0.39, 0.29) is 23.4 Å². The maximum atomic E-state index is 13.5. The second kappa shape index (κ2) is 9.78. The summed E-state index contributed by atoms with van der Waals surface area (Å²) >= 11 is 0. The number of pyridine rings is 1. The van der Waals surface area contributed by atoms with Crippen LogP contribution in [-0.2, 0) is 16.1 Å². The predicted octanol–water partition coefficient (Wildman–Crippen LogP) is 3.10. The number of carbonyl (C=O) groups excluding carboxylic acids is 1. The molecule has 1 atom stereocenters. The minimum absolute atomic E-state index is 0.106. The molecule has 2 aromatic rings. The van der Waals surface area contributed by atoms with Gasteiger partial charge in [-0.3, -0.25) is 14.9 Å². The summed E-state index contributed by atoms with van der Waals surface area (Å²) in [4.78, 5) is 39.4. The van der Waals surface area contributed by atoms with Gasteiger partial charge >= 0.3 is 5.97 Å². The van der Waals surface area contributed by atoms with E-state index in [1.807, 2.05) is 25.1 Å². The van der Waals surface area contributed by atoms with Crippen LogP contribution in [0.1, 0.15) is 37.3 Å². The zero-order valence-corrected chi connectivity index (χ0v) is 18.8. The molecule has 9 nitrogen and oxygen atoms in total. The smallest absolute Gasteiger partial charge is 0.336 e. The quantitative estimate of drug-likeness (QED) is 0.382. The number of fused-ring (bicyclic) bond motifs is 1. The highest BCUT2D eigenvalue weighted by molar-refractivity contribution is 5.94. The minimum Gasteiger partial charge on any atom is -0.463 e.